The van der Waals surface area contributed by atoms with Crippen molar-refractivity contribution in [3.63, 3.8) is 0 Å². The summed E-state index contributed by atoms with van der Waals surface area (Å²) < 4.78 is 0. The van der Waals surface area contributed by atoms with Crippen molar-refractivity contribution in [2.75, 3.05) is 6.54 Å². The standard InChI is InChI=1S/C11H23N3/c1-4-10(6-7-12)9(3)8-11(13)14-5-2/h5,9-10H,2,4,6-8,12H2,1,3H3,(H2,13,14)/t9-,10-/m0/s1. The molecule has 4 N–H and O–H groups in total. The zero-order chi connectivity index (χ0) is 11.0. The number of aliphatic imine (C=N–C) groups is 1. The van der Waals surface area contributed by atoms with Gasteiger partial charge in [0.15, 0.2) is 0 Å². The minimum atomic E-state index is 0.548. The summed E-state index contributed by atoms with van der Waals surface area (Å²) in [6, 6.07) is 0. The molecule has 0 amide bonds. The quantitative estimate of drug-likeness (QED) is 0.483. The Kier molecular flexibility index (Phi) is 7.11. The molecule has 2 atom stereocenters. The van der Waals surface area contributed by atoms with Crippen LogP contribution in [0.5, 0.6) is 0 Å². The van der Waals surface area contributed by atoms with Gasteiger partial charge in [0.25, 0.3) is 0 Å². The van der Waals surface area contributed by atoms with Crippen LogP contribution in [0.2, 0.25) is 0 Å². The van der Waals surface area contributed by atoms with Crippen LogP contribution in [0.1, 0.15) is 33.1 Å². The van der Waals surface area contributed by atoms with Crippen LogP contribution in [0.4, 0.5) is 0 Å². The molecule has 0 aromatic carbocycles. The highest BCUT2D eigenvalue weighted by Gasteiger charge is 2.15. The van der Waals surface area contributed by atoms with Gasteiger partial charge in [-0.15, -0.1) is 0 Å². The molecule has 0 unspecified atom stereocenters. The van der Waals surface area contributed by atoms with Crippen LogP contribution in [0.25, 0.3) is 0 Å². The number of nitrogens with two attached hydrogens (primary N) is 2. The molecule has 0 fully saturated rings. The van der Waals surface area contributed by atoms with E-state index in [9.17, 15) is 0 Å². The Balaban J connectivity index is 4.08. The summed E-state index contributed by atoms with van der Waals surface area (Å²) in [4.78, 5) is 3.97. The molecular formula is C11H23N3. The molecular weight excluding hydrogens is 174 g/mol. The molecule has 0 aromatic heterocycles. The molecule has 0 aliphatic rings. The summed E-state index contributed by atoms with van der Waals surface area (Å²) in [5.41, 5.74) is 11.3. The van der Waals surface area contributed by atoms with E-state index in [1.165, 1.54) is 6.20 Å². The molecule has 0 radical (unpaired) electrons. The SMILES string of the molecule is C=CN=C(N)C[C@H](C)[C@@H](CC)CCN. The average Bonchev–Trinajstić information content (AvgIpc) is 2.14. The first kappa shape index (κ1) is 13.2. The highest BCUT2D eigenvalue weighted by Crippen LogP contribution is 2.21. The minimum Gasteiger partial charge on any atom is -0.387 e. The van der Waals surface area contributed by atoms with Gasteiger partial charge in [0.1, 0.15) is 0 Å². The molecule has 0 saturated heterocycles. The molecule has 14 heavy (non-hydrogen) atoms. The Labute approximate surface area is 87.3 Å². The highest BCUT2D eigenvalue weighted by atomic mass is 14.8. The minimum absolute atomic E-state index is 0.548. The lowest BCUT2D eigenvalue weighted by Gasteiger charge is -2.21. The summed E-state index contributed by atoms with van der Waals surface area (Å²) in [5.74, 6) is 1.87. The Hall–Kier alpha value is -0.830. The fourth-order valence-electron chi connectivity index (χ4n) is 1.77. The normalized spacial score (nSPS) is 16.4. The van der Waals surface area contributed by atoms with Gasteiger partial charge in [-0.05, 0) is 24.8 Å². The van der Waals surface area contributed by atoms with Gasteiger partial charge in [0.05, 0.1) is 5.84 Å². The van der Waals surface area contributed by atoms with Crippen LogP contribution in [0.15, 0.2) is 17.8 Å². The molecule has 0 saturated carbocycles. The molecule has 0 spiro atoms. The van der Waals surface area contributed by atoms with Crippen molar-refractivity contribution in [3.8, 4) is 0 Å². The van der Waals surface area contributed by atoms with Crippen molar-refractivity contribution in [2.24, 2.45) is 28.3 Å². The predicted molar refractivity (Wildman–Crippen MR) is 63.1 cm³/mol. The van der Waals surface area contributed by atoms with Crippen LogP contribution < -0.4 is 11.5 Å². The summed E-state index contributed by atoms with van der Waals surface area (Å²) in [5, 5.41) is 0. The van der Waals surface area contributed by atoms with Gasteiger partial charge in [0, 0.05) is 12.6 Å². The zero-order valence-corrected chi connectivity index (χ0v) is 9.37. The third-order valence-electron chi connectivity index (χ3n) is 2.65. The van der Waals surface area contributed by atoms with Crippen molar-refractivity contribution in [1.29, 1.82) is 0 Å². The molecule has 0 aliphatic heterocycles. The maximum atomic E-state index is 5.72. The van der Waals surface area contributed by atoms with E-state index in [2.05, 4.69) is 25.4 Å². The first-order valence-corrected chi connectivity index (χ1v) is 5.28. The Morgan fingerprint density at radius 1 is 1.57 bits per heavy atom. The third kappa shape index (κ3) is 5.02. The smallest absolute Gasteiger partial charge is 0.0991 e. The molecule has 0 aromatic rings. The maximum Gasteiger partial charge on any atom is 0.0991 e. The van der Waals surface area contributed by atoms with Crippen LogP contribution in [0, 0.1) is 11.8 Å². The van der Waals surface area contributed by atoms with Crippen molar-refractivity contribution in [2.45, 2.75) is 33.1 Å². The molecule has 82 valence electrons. The van der Waals surface area contributed by atoms with E-state index >= 15 is 0 Å². The topological polar surface area (TPSA) is 64.4 Å². The van der Waals surface area contributed by atoms with Crippen molar-refractivity contribution >= 4 is 5.84 Å². The molecule has 3 heteroatoms. The first-order chi connectivity index (χ1) is 6.65. The maximum absolute atomic E-state index is 5.72. The van der Waals surface area contributed by atoms with Crippen molar-refractivity contribution < 1.29 is 0 Å². The number of amidine groups is 1. The van der Waals surface area contributed by atoms with Crippen LogP contribution in [0.3, 0.4) is 0 Å². The molecule has 0 heterocycles. The van der Waals surface area contributed by atoms with E-state index in [0.29, 0.717) is 17.7 Å². The van der Waals surface area contributed by atoms with E-state index in [1.807, 2.05) is 0 Å². The van der Waals surface area contributed by atoms with E-state index < -0.39 is 0 Å². The Morgan fingerprint density at radius 2 is 2.21 bits per heavy atom. The van der Waals surface area contributed by atoms with Crippen LogP contribution >= 0.6 is 0 Å². The van der Waals surface area contributed by atoms with E-state index in [1.54, 1.807) is 0 Å². The van der Waals surface area contributed by atoms with Crippen molar-refractivity contribution in [3.05, 3.63) is 12.8 Å². The fraction of sp³-hybridized carbons (Fsp3) is 0.727. The molecule has 0 rings (SSSR count). The second-order valence-corrected chi connectivity index (χ2v) is 3.73. The largest absolute Gasteiger partial charge is 0.387 e. The predicted octanol–water partition coefficient (Wildman–Crippen LogP) is 1.89. The van der Waals surface area contributed by atoms with Crippen LogP contribution in [-0.2, 0) is 0 Å². The van der Waals surface area contributed by atoms with Gasteiger partial charge < -0.3 is 11.5 Å². The van der Waals surface area contributed by atoms with Gasteiger partial charge in [-0.1, -0.05) is 26.8 Å². The second kappa shape index (κ2) is 7.56. The van der Waals surface area contributed by atoms with Gasteiger partial charge in [-0.3, -0.25) is 0 Å². The van der Waals surface area contributed by atoms with Crippen molar-refractivity contribution in [1.82, 2.24) is 0 Å². The number of nitrogens with zero attached hydrogens (tertiary/aromatic N) is 1. The summed E-state index contributed by atoms with van der Waals surface area (Å²) in [6.45, 7) is 8.67. The lowest BCUT2D eigenvalue weighted by molar-refractivity contribution is 0.338. The summed E-state index contributed by atoms with van der Waals surface area (Å²) in [7, 11) is 0. The highest BCUT2D eigenvalue weighted by molar-refractivity contribution is 5.81. The van der Waals surface area contributed by atoms with E-state index in [4.69, 9.17) is 11.5 Å². The van der Waals surface area contributed by atoms with E-state index in [-0.39, 0.29) is 0 Å². The average molecular weight is 197 g/mol. The third-order valence-corrected chi connectivity index (χ3v) is 2.65. The van der Waals surface area contributed by atoms with Crippen LogP contribution in [-0.4, -0.2) is 12.4 Å². The van der Waals surface area contributed by atoms with Gasteiger partial charge in [-0.2, -0.15) is 0 Å². The second-order valence-electron chi connectivity index (χ2n) is 3.73. The Bertz CT molecular complexity index is 187. The summed E-state index contributed by atoms with van der Waals surface area (Å²) in [6.07, 6.45) is 4.55. The lowest BCUT2D eigenvalue weighted by Crippen LogP contribution is -2.22. The van der Waals surface area contributed by atoms with Gasteiger partial charge >= 0.3 is 0 Å². The summed E-state index contributed by atoms with van der Waals surface area (Å²) >= 11 is 0. The molecule has 0 bridgehead atoms. The molecule has 3 nitrogen and oxygen atoms in total. The van der Waals surface area contributed by atoms with E-state index in [0.717, 1.165) is 25.8 Å². The zero-order valence-electron chi connectivity index (χ0n) is 9.37. The van der Waals surface area contributed by atoms with Gasteiger partial charge in [0.2, 0.25) is 0 Å². The number of hydrogen-bond acceptors (Lipinski definition) is 2. The fourth-order valence-corrected chi connectivity index (χ4v) is 1.77. The van der Waals surface area contributed by atoms with Gasteiger partial charge in [-0.25, -0.2) is 4.99 Å². The first-order valence-electron chi connectivity index (χ1n) is 5.28. The monoisotopic (exact) mass is 197 g/mol. The number of rotatable bonds is 7. The number of hydrogen-bond donors (Lipinski definition) is 2. The molecule has 0 aliphatic carbocycles. The Morgan fingerprint density at radius 3 is 2.64 bits per heavy atom. The lowest BCUT2D eigenvalue weighted by atomic mass is 9.86.